The van der Waals surface area contributed by atoms with Crippen LogP contribution in [0.2, 0.25) is 0 Å². The molecule has 0 radical (unpaired) electrons. The molecule has 0 amide bonds. The van der Waals surface area contributed by atoms with Gasteiger partial charge in [-0.2, -0.15) is 0 Å². The molecule has 1 aromatic carbocycles. The van der Waals surface area contributed by atoms with E-state index in [1.807, 2.05) is 12.1 Å². The van der Waals surface area contributed by atoms with E-state index < -0.39 is 0 Å². The summed E-state index contributed by atoms with van der Waals surface area (Å²) >= 11 is 0. The minimum atomic E-state index is 0.0707. The summed E-state index contributed by atoms with van der Waals surface area (Å²) in [6.07, 6.45) is 3.03. The van der Waals surface area contributed by atoms with E-state index in [0.717, 1.165) is 25.3 Å². The summed E-state index contributed by atoms with van der Waals surface area (Å²) in [5.41, 5.74) is 1.36. The van der Waals surface area contributed by atoms with Crippen LogP contribution in [0.15, 0.2) is 36.9 Å². The Morgan fingerprint density at radius 3 is 2.74 bits per heavy atom. The van der Waals surface area contributed by atoms with Gasteiger partial charge in [0.15, 0.2) is 0 Å². The number of methoxy groups -OCH3 is 1. The second-order valence-electron chi connectivity index (χ2n) is 5.91. The lowest BCUT2D eigenvalue weighted by atomic mass is 9.83. The van der Waals surface area contributed by atoms with Crippen molar-refractivity contribution < 1.29 is 4.74 Å². The van der Waals surface area contributed by atoms with E-state index >= 15 is 0 Å². The van der Waals surface area contributed by atoms with Crippen LogP contribution >= 0.6 is 0 Å². The lowest BCUT2D eigenvalue weighted by Gasteiger charge is -2.27. The van der Waals surface area contributed by atoms with E-state index in [1.54, 1.807) is 7.11 Å². The van der Waals surface area contributed by atoms with Gasteiger partial charge in [0.05, 0.1) is 7.11 Å². The first-order valence-corrected chi connectivity index (χ1v) is 6.96. The van der Waals surface area contributed by atoms with Crippen molar-refractivity contribution in [3.05, 3.63) is 42.5 Å². The molecule has 0 aromatic heterocycles. The highest BCUT2D eigenvalue weighted by Gasteiger charge is 2.20. The van der Waals surface area contributed by atoms with E-state index in [-0.39, 0.29) is 5.41 Å². The van der Waals surface area contributed by atoms with Gasteiger partial charge in [-0.15, -0.1) is 6.58 Å². The highest BCUT2D eigenvalue weighted by Crippen LogP contribution is 2.25. The minimum Gasteiger partial charge on any atom is -0.497 e. The average molecular weight is 261 g/mol. The summed E-state index contributed by atoms with van der Waals surface area (Å²) in [7, 11) is 1.70. The molecular weight excluding hydrogens is 234 g/mol. The van der Waals surface area contributed by atoms with Gasteiger partial charge in [0.2, 0.25) is 0 Å². The van der Waals surface area contributed by atoms with Gasteiger partial charge in [0.25, 0.3) is 0 Å². The maximum Gasteiger partial charge on any atom is 0.119 e. The molecule has 0 aliphatic heterocycles. The minimum absolute atomic E-state index is 0.0707. The first-order chi connectivity index (χ1) is 8.99. The van der Waals surface area contributed by atoms with Crippen molar-refractivity contribution in [1.29, 1.82) is 0 Å². The largest absolute Gasteiger partial charge is 0.497 e. The molecule has 0 fully saturated rings. The number of nitrogens with one attached hydrogen (secondary N) is 1. The number of rotatable bonds is 8. The Kier molecular flexibility index (Phi) is 6.10. The van der Waals surface area contributed by atoms with Crippen LogP contribution in [0.3, 0.4) is 0 Å². The van der Waals surface area contributed by atoms with Crippen molar-refractivity contribution in [1.82, 2.24) is 5.32 Å². The maximum absolute atomic E-state index is 5.27. The van der Waals surface area contributed by atoms with Gasteiger partial charge in [0.1, 0.15) is 5.75 Å². The van der Waals surface area contributed by atoms with Crippen LogP contribution in [0.1, 0.15) is 26.3 Å². The van der Waals surface area contributed by atoms with Crippen molar-refractivity contribution in [2.75, 3.05) is 20.2 Å². The Morgan fingerprint density at radius 2 is 2.16 bits per heavy atom. The number of benzene rings is 1. The van der Waals surface area contributed by atoms with Crippen LogP contribution in [0.4, 0.5) is 0 Å². The number of hydrogen-bond donors (Lipinski definition) is 1. The van der Waals surface area contributed by atoms with Gasteiger partial charge < -0.3 is 10.1 Å². The van der Waals surface area contributed by atoms with Crippen molar-refractivity contribution in [3.8, 4) is 5.75 Å². The van der Waals surface area contributed by atoms with Gasteiger partial charge in [-0.05, 0) is 36.6 Å². The summed E-state index contributed by atoms with van der Waals surface area (Å²) in [6, 6.07) is 8.27. The first kappa shape index (κ1) is 15.8. The predicted octanol–water partition coefficient (Wildman–Crippen LogP) is 3.68. The third-order valence-corrected chi connectivity index (χ3v) is 3.32. The quantitative estimate of drug-likeness (QED) is 0.721. The van der Waals surface area contributed by atoms with Gasteiger partial charge >= 0.3 is 0 Å². The average Bonchev–Trinajstić information content (AvgIpc) is 2.38. The molecule has 0 heterocycles. The van der Waals surface area contributed by atoms with Crippen LogP contribution in [-0.4, -0.2) is 20.2 Å². The molecule has 0 aliphatic carbocycles. The highest BCUT2D eigenvalue weighted by molar-refractivity contribution is 5.29. The number of hydrogen-bond acceptors (Lipinski definition) is 2. The van der Waals surface area contributed by atoms with Crippen molar-refractivity contribution in [2.45, 2.75) is 27.2 Å². The van der Waals surface area contributed by atoms with E-state index in [0.29, 0.717) is 5.92 Å². The number of ether oxygens (including phenoxy) is 1. The standard InChI is InChI=1S/C17H27NO/c1-6-17(4,13-18-12-14(2)3)11-15-8-7-9-16(10-15)19-5/h6-10,14,18H,1,11-13H2,2-5H3. The summed E-state index contributed by atoms with van der Waals surface area (Å²) < 4.78 is 5.27. The van der Waals surface area contributed by atoms with Gasteiger partial charge in [0, 0.05) is 12.0 Å². The highest BCUT2D eigenvalue weighted by atomic mass is 16.5. The lowest BCUT2D eigenvalue weighted by Crippen LogP contribution is -2.34. The zero-order chi connectivity index (χ0) is 14.3. The molecule has 2 heteroatoms. The maximum atomic E-state index is 5.27. The monoisotopic (exact) mass is 261 g/mol. The van der Waals surface area contributed by atoms with E-state index in [4.69, 9.17) is 4.74 Å². The van der Waals surface area contributed by atoms with Gasteiger partial charge in [-0.3, -0.25) is 0 Å². The topological polar surface area (TPSA) is 21.3 Å². The first-order valence-electron chi connectivity index (χ1n) is 6.96. The fraction of sp³-hybridized carbons (Fsp3) is 0.529. The third kappa shape index (κ3) is 5.48. The van der Waals surface area contributed by atoms with Crippen molar-refractivity contribution in [2.24, 2.45) is 11.3 Å². The molecule has 1 unspecified atom stereocenters. The molecule has 0 aliphatic rings. The second-order valence-corrected chi connectivity index (χ2v) is 5.91. The van der Waals surface area contributed by atoms with Crippen molar-refractivity contribution >= 4 is 0 Å². The SMILES string of the molecule is C=CC(C)(CNCC(C)C)Cc1cccc(OC)c1. The fourth-order valence-electron chi connectivity index (χ4n) is 2.10. The smallest absolute Gasteiger partial charge is 0.119 e. The van der Waals surface area contributed by atoms with Crippen LogP contribution in [0.5, 0.6) is 5.75 Å². The third-order valence-electron chi connectivity index (χ3n) is 3.32. The molecule has 1 aromatic rings. The Morgan fingerprint density at radius 1 is 1.42 bits per heavy atom. The van der Waals surface area contributed by atoms with E-state index in [2.05, 4.69) is 50.9 Å². The summed E-state index contributed by atoms with van der Waals surface area (Å²) in [4.78, 5) is 0. The Hall–Kier alpha value is -1.28. The van der Waals surface area contributed by atoms with E-state index in [1.165, 1.54) is 5.56 Å². The van der Waals surface area contributed by atoms with Crippen molar-refractivity contribution in [3.63, 3.8) is 0 Å². The van der Waals surface area contributed by atoms with E-state index in [9.17, 15) is 0 Å². The zero-order valence-corrected chi connectivity index (χ0v) is 12.7. The van der Waals surface area contributed by atoms with Crippen LogP contribution in [0.25, 0.3) is 0 Å². The molecular formula is C17H27NO. The molecule has 106 valence electrons. The molecule has 0 bridgehead atoms. The molecule has 1 N–H and O–H groups in total. The summed E-state index contributed by atoms with van der Waals surface area (Å²) in [6.45, 7) is 12.7. The van der Waals surface area contributed by atoms with Crippen LogP contribution < -0.4 is 10.1 Å². The Bertz CT molecular complexity index is 400. The summed E-state index contributed by atoms with van der Waals surface area (Å²) in [5, 5.41) is 3.52. The normalized spacial score (nSPS) is 14.2. The molecule has 0 saturated heterocycles. The van der Waals surface area contributed by atoms with Gasteiger partial charge in [-0.1, -0.05) is 39.0 Å². The second kappa shape index (κ2) is 7.34. The molecule has 1 rings (SSSR count). The predicted molar refractivity (Wildman–Crippen MR) is 82.7 cm³/mol. The molecule has 1 atom stereocenters. The zero-order valence-electron chi connectivity index (χ0n) is 12.7. The van der Waals surface area contributed by atoms with Crippen LogP contribution in [0, 0.1) is 11.3 Å². The van der Waals surface area contributed by atoms with Crippen LogP contribution in [-0.2, 0) is 6.42 Å². The molecule has 19 heavy (non-hydrogen) atoms. The molecule has 0 spiro atoms. The Balaban J connectivity index is 2.65. The lowest BCUT2D eigenvalue weighted by molar-refractivity contribution is 0.376. The summed E-state index contributed by atoms with van der Waals surface area (Å²) in [5.74, 6) is 1.59. The fourth-order valence-corrected chi connectivity index (χ4v) is 2.10. The molecule has 0 saturated carbocycles. The molecule has 2 nitrogen and oxygen atoms in total. The van der Waals surface area contributed by atoms with Gasteiger partial charge in [-0.25, -0.2) is 0 Å². The Labute approximate surface area is 117 Å².